The van der Waals surface area contributed by atoms with Gasteiger partial charge in [-0.15, -0.1) is 0 Å². The van der Waals surface area contributed by atoms with Crippen molar-refractivity contribution < 1.29 is 9.59 Å². The molecule has 0 radical (unpaired) electrons. The minimum absolute atomic E-state index is 0.0191. The molecule has 0 aromatic rings. The summed E-state index contributed by atoms with van der Waals surface area (Å²) in [6.07, 6.45) is 4.29. The number of hydrogen-bond donors (Lipinski definition) is 1. The zero-order valence-corrected chi connectivity index (χ0v) is 13.5. The highest BCUT2D eigenvalue weighted by molar-refractivity contribution is 5.95. The van der Waals surface area contributed by atoms with Gasteiger partial charge in [-0.1, -0.05) is 34.6 Å². The molecule has 0 aromatic heterocycles. The Labute approximate surface area is 122 Å². The molecule has 2 aliphatic rings. The Morgan fingerprint density at radius 3 is 2.20 bits per heavy atom. The van der Waals surface area contributed by atoms with Crippen LogP contribution < -0.4 is 5.32 Å². The highest BCUT2D eigenvalue weighted by atomic mass is 16.2. The van der Waals surface area contributed by atoms with Gasteiger partial charge in [0.15, 0.2) is 0 Å². The average molecular weight is 280 g/mol. The zero-order valence-electron chi connectivity index (χ0n) is 13.5. The monoisotopic (exact) mass is 280 g/mol. The van der Waals surface area contributed by atoms with Gasteiger partial charge in [0, 0.05) is 6.04 Å². The predicted molar refractivity (Wildman–Crippen MR) is 79.1 cm³/mol. The molecule has 20 heavy (non-hydrogen) atoms. The smallest absolute Gasteiger partial charge is 0.246 e. The molecule has 0 spiro atoms. The molecule has 2 amide bonds. The summed E-state index contributed by atoms with van der Waals surface area (Å²) in [6.45, 7) is 10.8. The van der Waals surface area contributed by atoms with Crippen LogP contribution in [0.5, 0.6) is 0 Å². The van der Waals surface area contributed by atoms with E-state index >= 15 is 0 Å². The fourth-order valence-corrected chi connectivity index (χ4v) is 3.26. The number of nitrogens with zero attached hydrogens (tertiary/aromatic N) is 1. The standard InChI is InChI=1S/C16H28N2O2/c1-15(2,3)13-14(20)18(10-12(19)17-13)11-6-8-16(4,5)9-7-11/h11,13H,6-10H2,1-5H3,(H,17,19). The molecule has 1 saturated heterocycles. The Bertz CT molecular complexity index is 399. The molecule has 1 atom stereocenters. The van der Waals surface area contributed by atoms with Crippen molar-refractivity contribution in [2.24, 2.45) is 10.8 Å². The number of carbonyl (C=O) groups is 2. The van der Waals surface area contributed by atoms with Crippen molar-refractivity contribution in [2.75, 3.05) is 6.54 Å². The van der Waals surface area contributed by atoms with Crippen molar-refractivity contribution in [3.05, 3.63) is 0 Å². The third kappa shape index (κ3) is 3.15. The summed E-state index contributed by atoms with van der Waals surface area (Å²) in [7, 11) is 0. The van der Waals surface area contributed by atoms with Crippen LogP contribution in [0.15, 0.2) is 0 Å². The van der Waals surface area contributed by atoms with Gasteiger partial charge in [0.1, 0.15) is 6.04 Å². The Morgan fingerprint density at radius 1 is 1.15 bits per heavy atom. The lowest BCUT2D eigenvalue weighted by atomic mass is 9.74. The van der Waals surface area contributed by atoms with E-state index in [2.05, 4.69) is 19.2 Å². The van der Waals surface area contributed by atoms with Gasteiger partial charge < -0.3 is 10.2 Å². The minimum atomic E-state index is -0.390. The third-order valence-corrected chi connectivity index (χ3v) is 4.76. The predicted octanol–water partition coefficient (Wildman–Crippen LogP) is 2.33. The molecule has 1 N–H and O–H groups in total. The molecule has 1 aliphatic carbocycles. The summed E-state index contributed by atoms with van der Waals surface area (Å²) in [4.78, 5) is 26.5. The minimum Gasteiger partial charge on any atom is -0.342 e. The number of piperazine rings is 1. The molecule has 4 heteroatoms. The number of rotatable bonds is 1. The Morgan fingerprint density at radius 2 is 1.70 bits per heavy atom. The summed E-state index contributed by atoms with van der Waals surface area (Å²) in [5, 5.41) is 2.86. The average Bonchev–Trinajstić information content (AvgIpc) is 2.30. The van der Waals surface area contributed by atoms with Gasteiger partial charge in [0.2, 0.25) is 11.8 Å². The van der Waals surface area contributed by atoms with Crippen molar-refractivity contribution in [3.63, 3.8) is 0 Å². The van der Waals surface area contributed by atoms with Crippen LogP contribution in [0, 0.1) is 10.8 Å². The summed E-state index contributed by atoms with van der Waals surface area (Å²) in [6, 6.07) is -0.148. The van der Waals surface area contributed by atoms with Crippen LogP contribution in [0.2, 0.25) is 0 Å². The lowest BCUT2D eigenvalue weighted by Crippen LogP contribution is -2.64. The van der Waals surface area contributed by atoms with Gasteiger partial charge in [-0.3, -0.25) is 9.59 Å². The largest absolute Gasteiger partial charge is 0.342 e. The van der Waals surface area contributed by atoms with E-state index in [1.165, 1.54) is 0 Å². The zero-order chi connectivity index (χ0) is 15.1. The van der Waals surface area contributed by atoms with Gasteiger partial charge in [0.25, 0.3) is 0 Å². The molecular weight excluding hydrogens is 252 g/mol. The first kappa shape index (κ1) is 15.3. The molecule has 1 aliphatic heterocycles. The van der Waals surface area contributed by atoms with Crippen molar-refractivity contribution in [1.29, 1.82) is 0 Å². The van der Waals surface area contributed by atoms with E-state index in [1.807, 2.05) is 25.7 Å². The van der Waals surface area contributed by atoms with Crippen LogP contribution >= 0.6 is 0 Å². The fraction of sp³-hybridized carbons (Fsp3) is 0.875. The molecule has 0 bridgehead atoms. The van der Waals surface area contributed by atoms with Gasteiger partial charge in [-0.05, 0) is 36.5 Å². The van der Waals surface area contributed by atoms with E-state index in [1.54, 1.807) is 0 Å². The quantitative estimate of drug-likeness (QED) is 0.801. The molecule has 1 unspecified atom stereocenters. The van der Waals surface area contributed by atoms with Crippen LogP contribution in [0.1, 0.15) is 60.3 Å². The topological polar surface area (TPSA) is 49.4 Å². The Balaban J connectivity index is 2.11. The lowest BCUT2D eigenvalue weighted by Gasteiger charge is -2.45. The molecule has 0 aromatic carbocycles. The Kier molecular flexibility index (Phi) is 3.87. The van der Waals surface area contributed by atoms with E-state index in [9.17, 15) is 9.59 Å². The van der Waals surface area contributed by atoms with Crippen LogP contribution in [-0.2, 0) is 9.59 Å². The van der Waals surface area contributed by atoms with Crippen molar-refractivity contribution in [2.45, 2.75) is 72.4 Å². The molecule has 4 nitrogen and oxygen atoms in total. The summed E-state index contributed by atoms with van der Waals surface area (Å²) in [5.74, 6) is 0.0798. The maximum absolute atomic E-state index is 12.7. The number of hydrogen-bond acceptors (Lipinski definition) is 2. The number of nitrogens with one attached hydrogen (secondary N) is 1. The van der Waals surface area contributed by atoms with Crippen LogP contribution in [-0.4, -0.2) is 35.3 Å². The first-order valence-electron chi connectivity index (χ1n) is 7.70. The van der Waals surface area contributed by atoms with E-state index in [0.29, 0.717) is 5.41 Å². The lowest BCUT2D eigenvalue weighted by molar-refractivity contribution is -0.150. The second-order valence-corrected chi connectivity index (χ2v) is 8.23. The molecule has 2 fully saturated rings. The van der Waals surface area contributed by atoms with Crippen LogP contribution in [0.3, 0.4) is 0 Å². The summed E-state index contributed by atoms with van der Waals surface area (Å²) in [5.41, 5.74) is 0.139. The van der Waals surface area contributed by atoms with Crippen LogP contribution in [0.4, 0.5) is 0 Å². The van der Waals surface area contributed by atoms with Gasteiger partial charge in [-0.25, -0.2) is 0 Å². The SMILES string of the molecule is CC1(C)CCC(N2CC(=O)NC(C(C)(C)C)C2=O)CC1. The van der Waals surface area contributed by atoms with E-state index in [0.717, 1.165) is 25.7 Å². The maximum Gasteiger partial charge on any atom is 0.246 e. The first-order chi connectivity index (χ1) is 9.10. The van der Waals surface area contributed by atoms with Crippen molar-refractivity contribution in [3.8, 4) is 0 Å². The maximum atomic E-state index is 12.7. The molecule has 1 saturated carbocycles. The van der Waals surface area contributed by atoms with Crippen molar-refractivity contribution in [1.82, 2.24) is 10.2 Å². The number of carbonyl (C=O) groups excluding carboxylic acids is 2. The van der Waals surface area contributed by atoms with Gasteiger partial charge in [-0.2, -0.15) is 0 Å². The normalized spacial score (nSPS) is 28.4. The fourth-order valence-electron chi connectivity index (χ4n) is 3.26. The molecule has 2 rings (SSSR count). The van der Waals surface area contributed by atoms with E-state index in [4.69, 9.17) is 0 Å². The second-order valence-electron chi connectivity index (χ2n) is 8.23. The summed E-state index contributed by atoms with van der Waals surface area (Å²) < 4.78 is 0. The van der Waals surface area contributed by atoms with Gasteiger partial charge in [0.05, 0.1) is 6.54 Å². The highest BCUT2D eigenvalue weighted by Gasteiger charge is 2.43. The first-order valence-corrected chi connectivity index (χ1v) is 7.70. The van der Waals surface area contributed by atoms with Crippen molar-refractivity contribution >= 4 is 11.8 Å². The summed E-state index contributed by atoms with van der Waals surface area (Å²) >= 11 is 0. The molecule has 114 valence electrons. The molecular formula is C16H28N2O2. The number of amides is 2. The second kappa shape index (κ2) is 5.05. The van der Waals surface area contributed by atoms with E-state index in [-0.39, 0.29) is 29.8 Å². The highest BCUT2D eigenvalue weighted by Crippen LogP contribution is 2.37. The van der Waals surface area contributed by atoms with Gasteiger partial charge >= 0.3 is 0 Å². The molecule has 1 heterocycles. The van der Waals surface area contributed by atoms with E-state index < -0.39 is 6.04 Å². The van der Waals surface area contributed by atoms with Crippen LogP contribution in [0.25, 0.3) is 0 Å². The third-order valence-electron chi connectivity index (χ3n) is 4.76. The Hall–Kier alpha value is -1.06.